The predicted molar refractivity (Wildman–Crippen MR) is 102 cm³/mol. The van der Waals surface area contributed by atoms with Gasteiger partial charge in [0.25, 0.3) is 0 Å². The number of piperazine rings is 1. The molecule has 2 rings (SSSR count). The molecule has 0 aliphatic carbocycles. The molecule has 0 aromatic carbocycles. The Morgan fingerprint density at radius 3 is 2.67 bits per heavy atom. The van der Waals surface area contributed by atoms with Crippen molar-refractivity contribution in [3.8, 4) is 0 Å². The van der Waals surface area contributed by atoms with Crippen LogP contribution in [-0.4, -0.2) is 74.1 Å². The lowest BCUT2D eigenvalue weighted by molar-refractivity contribution is -0.137. The molecule has 0 aromatic rings. The summed E-state index contributed by atoms with van der Waals surface area (Å²) in [5.41, 5.74) is -0.226. The highest BCUT2D eigenvalue weighted by Crippen LogP contribution is 2.31. The second-order valence-corrected chi connectivity index (χ2v) is 7.78. The summed E-state index contributed by atoms with van der Waals surface area (Å²) < 4.78 is 5.98. The molecule has 1 unspecified atom stereocenters. The number of amides is 3. The van der Waals surface area contributed by atoms with E-state index in [-0.39, 0.29) is 24.3 Å². The van der Waals surface area contributed by atoms with Crippen LogP contribution in [0.3, 0.4) is 0 Å². The van der Waals surface area contributed by atoms with Crippen LogP contribution in [0.5, 0.6) is 0 Å². The summed E-state index contributed by atoms with van der Waals surface area (Å²) in [6.45, 7) is 15.2. The monoisotopic (exact) mass is 380 g/mol. The van der Waals surface area contributed by atoms with Gasteiger partial charge in [-0.05, 0) is 13.3 Å². The van der Waals surface area contributed by atoms with Gasteiger partial charge in [0.05, 0.1) is 12.7 Å². The van der Waals surface area contributed by atoms with E-state index in [0.29, 0.717) is 18.6 Å². The highest BCUT2D eigenvalue weighted by Gasteiger charge is 2.36. The van der Waals surface area contributed by atoms with Crippen molar-refractivity contribution in [2.24, 2.45) is 5.41 Å². The molecule has 0 radical (unpaired) electrons. The molecule has 0 spiro atoms. The number of carbonyl (C=O) groups excluding carboxylic acids is 3. The molecule has 2 heterocycles. The van der Waals surface area contributed by atoms with Gasteiger partial charge in [0.2, 0.25) is 17.7 Å². The standard InChI is InChI=1S/C19H32N4O4/c1-13(17(25)21-15-5-6-16(24)22-18(15)26)19(3,4)14(2)27-12-11-23-9-7-20-8-10-23/h14-15,20H,1,5-12H2,2-4H3,(H,21,25)(H,22,24,26)/t14-,15?/m0/s1. The van der Waals surface area contributed by atoms with Crippen LogP contribution in [0.15, 0.2) is 12.2 Å². The van der Waals surface area contributed by atoms with E-state index in [1.54, 1.807) is 0 Å². The first-order chi connectivity index (χ1) is 12.7. The van der Waals surface area contributed by atoms with Crippen molar-refractivity contribution in [2.45, 2.75) is 45.8 Å². The fourth-order valence-corrected chi connectivity index (χ4v) is 3.12. The Bertz CT molecular complexity index is 584. The Morgan fingerprint density at radius 2 is 2.04 bits per heavy atom. The average molecular weight is 380 g/mol. The highest BCUT2D eigenvalue weighted by atomic mass is 16.5. The topological polar surface area (TPSA) is 99.8 Å². The molecule has 152 valence electrons. The van der Waals surface area contributed by atoms with Gasteiger partial charge in [-0.1, -0.05) is 20.4 Å². The van der Waals surface area contributed by atoms with Gasteiger partial charge >= 0.3 is 0 Å². The number of carbonyl (C=O) groups is 3. The van der Waals surface area contributed by atoms with E-state index < -0.39 is 17.4 Å². The Morgan fingerprint density at radius 1 is 1.37 bits per heavy atom. The van der Waals surface area contributed by atoms with Gasteiger partial charge in [-0.15, -0.1) is 0 Å². The van der Waals surface area contributed by atoms with Crippen molar-refractivity contribution < 1.29 is 19.1 Å². The van der Waals surface area contributed by atoms with Crippen LogP contribution in [-0.2, 0) is 19.1 Å². The minimum atomic E-state index is -0.702. The quantitative estimate of drug-likeness (QED) is 0.398. The summed E-state index contributed by atoms with van der Waals surface area (Å²) in [5.74, 6) is -1.16. The minimum absolute atomic E-state index is 0.208. The van der Waals surface area contributed by atoms with Crippen LogP contribution in [0.2, 0.25) is 0 Å². The maximum absolute atomic E-state index is 12.6. The second kappa shape index (κ2) is 9.43. The van der Waals surface area contributed by atoms with Crippen LogP contribution in [0, 0.1) is 5.41 Å². The van der Waals surface area contributed by atoms with E-state index in [1.165, 1.54) is 0 Å². The van der Waals surface area contributed by atoms with Gasteiger partial charge in [-0.3, -0.25) is 24.6 Å². The molecule has 2 fully saturated rings. The van der Waals surface area contributed by atoms with Crippen molar-refractivity contribution in [3.63, 3.8) is 0 Å². The zero-order valence-corrected chi connectivity index (χ0v) is 16.6. The molecule has 2 atom stereocenters. The largest absolute Gasteiger partial charge is 0.376 e. The first kappa shape index (κ1) is 21.5. The highest BCUT2D eigenvalue weighted by molar-refractivity contribution is 6.03. The van der Waals surface area contributed by atoms with Gasteiger partial charge in [-0.2, -0.15) is 0 Å². The number of nitrogens with one attached hydrogen (secondary N) is 3. The maximum Gasteiger partial charge on any atom is 0.249 e. The number of piperidine rings is 1. The first-order valence-corrected chi connectivity index (χ1v) is 9.60. The zero-order valence-electron chi connectivity index (χ0n) is 16.6. The van der Waals surface area contributed by atoms with Crippen LogP contribution in [0.25, 0.3) is 0 Å². The average Bonchev–Trinajstić information content (AvgIpc) is 2.64. The zero-order chi connectivity index (χ0) is 20.0. The summed E-state index contributed by atoms with van der Waals surface area (Å²) in [4.78, 5) is 38.0. The molecule has 8 heteroatoms. The molecule has 27 heavy (non-hydrogen) atoms. The van der Waals surface area contributed by atoms with Gasteiger partial charge in [-0.25, -0.2) is 0 Å². The van der Waals surface area contributed by atoms with Crippen LogP contribution < -0.4 is 16.0 Å². The van der Waals surface area contributed by atoms with Gasteiger partial charge in [0, 0.05) is 50.1 Å². The SMILES string of the molecule is C=C(C(=O)NC1CCC(=O)NC1=O)C(C)(C)[C@H](C)OCCN1CCNCC1. The van der Waals surface area contributed by atoms with Gasteiger partial charge in [0.15, 0.2) is 0 Å². The third kappa shape index (κ3) is 5.85. The van der Waals surface area contributed by atoms with E-state index in [0.717, 1.165) is 32.7 Å². The van der Waals surface area contributed by atoms with E-state index in [4.69, 9.17) is 4.74 Å². The Hall–Kier alpha value is -1.77. The maximum atomic E-state index is 12.6. The van der Waals surface area contributed by atoms with E-state index >= 15 is 0 Å². The van der Waals surface area contributed by atoms with E-state index in [1.807, 2.05) is 20.8 Å². The summed E-state index contributed by atoms with van der Waals surface area (Å²) in [7, 11) is 0. The number of nitrogens with zero attached hydrogens (tertiary/aromatic N) is 1. The van der Waals surface area contributed by atoms with Crippen molar-refractivity contribution in [3.05, 3.63) is 12.2 Å². The Kier molecular flexibility index (Phi) is 7.52. The fourth-order valence-electron chi connectivity index (χ4n) is 3.12. The minimum Gasteiger partial charge on any atom is -0.376 e. The molecular weight excluding hydrogens is 348 g/mol. The lowest BCUT2D eigenvalue weighted by Crippen LogP contribution is -2.53. The second-order valence-electron chi connectivity index (χ2n) is 7.78. The van der Waals surface area contributed by atoms with Crippen molar-refractivity contribution in [1.82, 2.24) is 20.9 Å². The Balaban J connectivity index is 1.81. The number of hydrogen-bond donors (Lipinski definition) is 3. The Labute approximate surface area is 161 Å². The third-order valence-corrected chi connectivity index (χ3v) is 5.60. The van der Waals surface area contributed by atoms with E-state index in [2.05, 4.69) is 27.4 Å². The smallest absolute Gasteiger partial charge is 0.249 e. The summed E-state index contributed by atoms with van der Waals surface area (Å²) in [6, 6.07) is -0.702. The predicted octanol–water partition coefficient (Wildman–Crippen LogP) is -0.199. The molecule has 3 amide bonds. The summed E-state index contributed by atoms with van der Waals surface area (Å²) >= 11 is 0. The molecule has 2 aliphatic rings. The molecule has 3 N–H and O–H groups in total. The molecule has 0 saturated carbocycles. The summed E-state index contributed by atoms with van der Waals surface area (Å²) in [6.07, 6.45) is 0.319. The normalized spacial score (nSPS) is 22.9. The van der Waals surface area contributed by atoms with Gasteiger partial charge in [0.1, 0.15) is 6.04 Å². The first-order valence-electron chi connectivity index (χ1n) is 9.60. The number of ether oxygens (including phenoxy) is 1. The molecule has 2 aliphatic heterocycles. The van der Waals surface area contributed by atoms with Crippen LogP contribution in [0.4, 0.5) is 0 Å². The van der Waals surface area contributed by atoms with Gasteiger partial charge < -0.3 is 15.4 Å². The van der Waals surface area contributed by atoms with E-state index in [9.17, 15) is 14.4 Å². The van der Waals surface area contributed by atoms with Crippen molar-refractivity contribution in [2.75, 3.05) is 39.3 Å². The third-order valence-electron chi connectivity index (χ3n) is 5.60. The van der Waals surface area contributed by atoms with Crippen molar-refractivity contribution >= 4 is 17.7 Å². The molecular formula is C19H32N4O4. The lowest BCUT2D eigenvalue weighted by Gasteiger charge is -2.35. The number of imide groups is 1. The molecule has 0 bridgehead atoms. The number of rotatable bonds is 8. The molecule has 8 nitrogen and oxygen atoms in total. The lowest BCUT2D eigenvalue weighted by atomic mass is 9.79. The van der Waals surface area contributed by atoms with Crippen molar-refractivity contribution in [1.29, 1.82) is 0 Å². The molecule has 2 saturated heterocycles. The summed E-state index contributed by atoms with van der Waals surface area (Å²) in [5, 5.41) is 8.24. The fraction of sp³-hybridized carbons (Fsp3) is 0.737. The van der Waals surface area contributed by atoms with Crippen LogP contribution >= 0.6 is 0 Å². The van der Waals surface area contributed by atoms with Crippen LogP contribution in [0.1, 0.15) is 33.6 Å². The number of hydrogen-bond acceptors (Lipinski definition) is 6. The molecule has 0 aromatic heterocycles.